The molecule has 1 amide bonds. The quantitative estimate of drug-likeness (QED) is 0.585. The number of H-pyrrole nitrogens is 1. The van der Waals surface area contributed by atoms with Crippen molar-refractivity contribution in [3.05, 3.63) is 65.5 Å². The van der Waals surface area contributed by atoms with Crippen LogP contribution in [0.4, 0.5) is 5.69 Å². The zero-order valence-corrected chi connectivity index (χ0v) is 19.5. The monoisotopic (exact) mass is 458 g/mol. The van der Waals surface area contributed by atoms with E-state index in [1.807, 2.05) is 41.4 Å². The van der Waals surface area contributed by atoms with Gasteiger partial charge in [-0.3, -0.25) is 14.8 Å². The predicted octanol–water partition coefficient (Wildman–Crippen LogP) is 3.24. The van der Waals surface area contributed by atoms with Gasteiger partial charge >= 0.3 is 0 Å². The fraction of sp³-hybridized carbons (Fsp3) is 0.462. The number of likely N-dealkylation sites (tertiary alicyclic amines) is 1. The number of hydrogen-bond donors (Lipinski definition) is 1. The van der Waals surface area contributed by atoms with E-state index in [9.17, 15) is 4.79 Å². The first kappa shape index (κ1) is 21.3. The Bertz CT molecular complexity index is 1170. The number of ether oxygens (including phenoxy) is 1. The number of carbonyl (C=O) groups is 1. The fourth-order valence-corrected chi connectivity index (χ4v) is 5.41. The zero-order valence-electron chi connectivity index (χ0n) is 19.5. The van der Waals surface area contributed by atoms with Gasteiger partial charge in [0.05, 0.1) is 19.3 Å². The molecule has 2 aliphatic heterocycles. The normalized spacial score (nSPS) is 22.4. The standard InChI is InChI=1S/C26H30N6O2/c1-34-22-7-5-21(6-8-22)32-15-19-14-27-23(9-4-18-2-3-18)29-24(19)26(25(32)33)11-13-31(17-26)16-20-10-12-28-30-20/h5-8,10,12,14,18H,2-4,9,11,13,15-17H2,1H3,(H,28,30). The minimum Gasteiger partial charge on any atom is -0.497 e. The van der Waals surface area contributed by atoms with Gasteiger partial charge in [0.25, 0.3) is 0 Å². The summed E-state index contributed by atoms with van der Waals surface area (Å²) in [6, 6.07) is 9.71. The third kappa shape index (κ3) is 3.86. The van der Waals surface area contributed by atoms with Gasteiger partial charge in [0.15, 0.2) is 0 Å². The summed E-state index contributed by atoms with van der Waals surface area (Å²) in [5.41, 5.74) is 3.26. The smallest absolute Gasteiger partial charge is 0.240 e. The summed E-state index contributed by atoms with van der Waals surface area (Å²) in [7, 11) is 1.65. The highest BCUT2D eigenvalue weighted by molar-refractivity contribution is 6.03. The third-order valence-electron chi connectivity index (χ3n) is 7.51. The molecule has 1 N–H and O–H groups in total. The van der Waals surface area contributed by atoms with E-state index in [-0.39, 0.29) is 5.91 Å². The number of anilines is 1. The fourth-order valence-electron chi connectivity index (χ4n) is 5.41. The van der Waals surface area contributed by atoms with Crippen molar-refractivity contribution in [2.45, 2.75) is 50.6 Å². The molecule has 4 heterocycles. The number of fused-ring (bicyclic) bond motifs is 2. The van der Waals surface area contributed by atoms with Gasteiger partial charge in [-0.25, -0.2) is 9.97 Å². The van der Waals surface area contributed by atoms with Crippen LogP contribution in [0.5, 0.6) is 5.75 Å². The van der Waals surface area contributed by atoms with E-state index in [1.165, 1.54) is 12.8 Å². The Morgan fingerprint density at radius 2 is 2.06 bits per heavy atom. The SMILES string of the molecule is COc1ccc(N2Cc3cnc(CCC4CC4)nc3C3(CCN(Cc4ccn[nH]4)C3)C2=O)cc1. The maximum atomic E-state index is 14.2. The van der Waals surface area contributed by atoms with Crippen LogP contribution in [-0.4, -0.2) is 51.2 Å². The number of nitrogens with zero attached hydrogens (tertiary/aromatic N) is 5. The molecule has 0 radical (unpaired) electrons. The van der Waals surface area contributed by atoms with Gasteiger partial charge in [-0.05, 0) is 49.1 Å². The summed E-state index contributed by atoms with van der Waals surface area (Å²) in [5, 5.41) is 7.13. The number of rotatable bonds is 7. The molecule has 1 saturated heterocycles. The van der Waals surface area contributed by atoms with Crippen LogP contribution in [0.15, 0.2) is 42.7 Å². The number of aryl methyl sites for hydroxylation is 1. The first-order valence-electron chi connectivity index (χ1n) is 12.2. The van der Waals surface area contributed by atoms with Crippen LogP contribution in [-0.2, 0) is 29.7 Å². The van der Waals surface area contributed by atoms with Gasteiger partial charge < -0.3 is 9.64 Å². The van der Waals surface area contributed by atoms with Crippen LogP contribution in [0.2, 0.25) is 0 Å². The predicted molar refractivity (Wildman–Crippen MR) is 127 cm³/mol. The lowest BCUT2D eigenvalue weighted by atomic mass is 9.77. The molecule has 8 nitrogen and oxygen atoms in total. The van der Waals surface area contributed by atoms with Crippen LogP contribution >= 0.6 is 0 Å². The van der Waals surface area contributed by atoms with E-state index < -0.39 is 5.41 Å². The molecule has 3 aliphatic rings. The van der Waals surface area contributed by atoms with E-state index in [0.717, 1.165) is 72.5 Å². The first-order chi connectivity index (χ1) is 16.6. The van der Waals surface area contributed by atoms with Gasteiger partial charge in [-0.2, -0.15) is 5.10 Å². The van der Waals surface area contributed by atoms with E-state index in [0.29, 0.717) is 13.1 Å². The molecule has 8 heteroatoms. The van der Waals surface area contributed by atoms with Gasteiger partial charge in [0.1, 0.15) is 17.0 Å². The maximum Gasteiger partial charge on any atom is 0.240 e. The highest BCUT2D eigenvalue weighted by atomic mass is 16.5. The lowest BCUT2D eigenvalue weighted by Gasteiger charge is -2.40. The average Bonchev–Trinajstić information content (AvgIpc) is 3.38. The Morgan fingerprint density at radius 3 is 2.79 bits per heavy atom. The molecule has 1 spiro atoms. The molecular formula is C26H30N6O2. The molecule has 1 aliphatic carbocycles. The number of carbonyl (C=O) groups excluding carboxylic acids is 1. The Balaban J connectivity index is 1.35. The van der Waals surface area contributed by atoms with Gasteiger partial charge in [0.2, 0.25) is 5.91 Å². The molecule has 2 fully saturated rings. The van der Waals surface area contributed by atoms with Crippen molar-refractivity contribution in [2.24, 2.45) is 5.92 Å². The van der Waals surface area contributed by atoms with Gasteiger partial charge in [0, 0.05) is 55.4 Å². The van der Waals surface area contributed by atoms with Gasteiger partial charge in [-0.1, -0.05) is 12.8 Å². The number of benzene rings is 1. The van der Waals surface area contributed by atoms with Crippen molar-refractivity contribution in [3.63, 3.8) is 0 Å². The number of methoxy groups -OCH3 is 1. The largest absolute Gasteiger partial charge is 0.497 e. The van der Waals surface area contributed by atoms with E-state index in [2.05, 4.69) is 15.1 Å². The van der Waals surface area contributed by atoms with Crippen LogP contribution in [0.25, 0.3) is 0 Å². The lowest BCUT2D eigenvalue weighted by Crippen LogP contribution is -2.53. The highest BCUT2D eigenvalue weighted by Gasteiger charge is 2.53. The van der Waals surface area contributed by atoms with Crippen molar-refractivity contribution in [1.82, 2.24) is 25.1 Å². The minimum atomic E-state index is -0.662. The molecule has 1 aromatic carbocycles. The number of amides is 1. The molecule has 34 heavy (non-hydrogen) atoms. The Hall–Kier alpha value is -3.26. The van der Waals surface area contributed by atoms with E-state index in [4.69, 9.17) is 14.7 Å². The summed E-state index contributed by atoms with van der Waals surface area (Å²) in [6.07, 6.45) is 9.17. The molecule has 6 rings (SSSR count). The number of aromatic nitrogens is 4. The van der Waals surface area contributed by atoms with Crippen LogP contribution < -0.4 is 9.64 Å². The molecule has 3 aromatic rings. The van der Waals surface area contributed by atoms with Crippen LogP contribution in [0, 0.1) is 5.92 Å². The van der Waals surface area contributed by atoms with Crippen LogP contribution in [0.3, 0.4) is 0 Å². The van der Waals surface area contributed by atoms with Crippen molar-refractivity contribution >= 4 is 11.6 Å². The average molecular weight is 459 g/mol. The highest BCUT2D eigenvalue weighted by Crippen LogP contribution is 2.43. The van der Waals surface area contributed by atoms with Crippen molar-refractivity contribution in [1.29, 1.82) is 0 Å². The minimum absolute atomic E-state index is 0.129. The Labute approximate surface area is 199 Å². The molecule has 176 valence electrons. The van der Waals surface area contributed by atoms with Gasteiger partial charge in [-0.15, -0.1) is 0 Å². The number of aromatic amines is 1. The summed E-state index contributed by atoms with van der Waals surface area (Å²) in [5.74, 6) is 2.61. The summed E-state index contributed by atoms with van der Waals surface area (Å²) in [6.45, 7) is 2.71. The summed E-state index contributed by atoms with van der Waals surface area (Å²) >= 11 is 0. The maximum absolute atomic E-state index is 14.2. The third-order valence-corrected chi connectivity index (χ3v) is 7.51. The topological polar surface area (TPSA) is 87.2 Å². The summed E-state index contributed by atoms with van der Waals surface area (Å²) < 4.78 is 5.32. The second-order valence-corrected chi connectivity index (χ2v) is 9.86. The number of nitrogens with one attached hydrogen (secondary N) is 1. The van der Waals surface area contributed by atoms with Crippen molar-refractivity contribution in [2.75, 3.05) is 25.1 Å². The first-order valence-corrected chi connectivity index (χ1v) is 12.2. The molecule has 1 atom stereocenters. The second-order valence-electron chi connectivity index (χ2n) is 9.86. The molecule has 1 unspecified atom stereocenters. The molecule has 2 aromatic heterocycles. The second kappa shape index (κ2) is 8.51. The Kier molecular flexibility index (Phi) is 5.32. The number of hydrogen-bond acceptors (Lipinski definition) is 6. The molecular weight excluding hydrogens is 428 g/mol. The van der Waals surface area contributed by atoms with E-state index >= 15 is 0 Å². The lowest BCUT2D eigenvalue weighted by molar-refractivity contribution is -0.124. The van der Waals surface area contributed by atoms with Crippen LogP contribution in [0.1, 0.15) is 48.5 Å². The zero-order chi connectivity index (χ0) is 23.1. The van der Waals surface area contributed by atoms with Crippen molar-refractivity contribution < 1.29 is 9.53 Å². The summed E-state index contributed by atoms with van der Waals surface area (Å²) in [4.78, 5) is 28.2. The molecule has 0 bridgehead atoms. The van der Waals surface area contributed by atoms with E-state index in [1.54, 1.807) is 13.3 Å². The van der Waals surface area contributed by atoms with Crippen molar-refractivity contribution in [3.8, 4) is 5.75 Å². The Morgan fingerprint density at radius 1 is 1.21 bits per heavy atom. The molecule has 1 saturated carbocycles.